The maximum Gasteiger partial charge on any atom is 0.259 e. The molecule has 3 N–H and O–H groups in total. The van der Waals surface area contributed by atoms with E-state index in [1.54, 1.807) is 18.4 Å². The second-order valence-corrected chi connectivity index (χ2v) is 9.41. The molecule has 0 saturated carbocycles. The number of fused-ring (bicyclic) bond motifs is 1. The fourth-order valence-corrected chi connectivity index (χ4v) is 4.62. The van der Waals surface area contributed by atoms with Gasteiger partial charge in [0.15, 0.2) is 5.76 Å². The fraction of sp³-hybridized carbons (Fsp3) is 0.296. The van der Waals surface area contributed by atoms with Gasteiger partial charge >= 0.3 is 0 Å². The van der Waals surface area contributed by atoms with Gasteiger partial charge in [-0.15, -0.1) is 5.10 Å². The highest BCUT2D eigenvalue weighted by Gasteiger charge is 2.23. The Morgan fingerprint density at radius 1 is 1.05 bits per heavy atom. The van der Waals surface area contributed by atoms with Crippen LogP contribution in [-0.4, -0.2) is 60.7 Å². The molecule has 1 saturated heterocycles. The Labute approximate surface area is 219 Å². The van der Waals surface area contributed by atoms with Crippen molar-refractivity contribution < 1.29 is 9.15 Å². The molecule has 1 fully saturated rings. The zero-order valence-electron chi connectivity index (χ0n) is 20.9. The SMILES string of the molecule is Nc1nc(NCCc2ccc(OCC3CCN(Cc4cccnc4)C3)cc2)nc2nc(-c3ccco3)nn12. The molecule has 5 aromatic rings. The summed E-state index contributed by atoms with van der Waals surface area (Å²) in [4.78, 5) is 19.8. The van der Waals surface area contributed by atoms with Crippen molar-refractivity contribution in [1.82, 2.24) is 34.4 Å². The number of anilines is 2. The maximum absolute atomic E-state index is 6.09. The molecule has 194 valence electrons. The van der Waals surface area contributed by atoms with Crippen LogP contribution in [0.3, 0.4) is 0 Å². The van der Waals surface area contributed by atoms with Crippen LogP contribution in [0.1, 0.15) is 17.5 Å². The van der Waals surface area contributed by atoms with E-state index in [1.807, 2.05) is 30.6 Å². The van der Waals surface area contributed by atoms with Crippen molar-refractivity contribution in [3.8, 4) is 17.3 Å². The minimum Gasteiger partial charge on any atom is -0.493 e. The number of hydrogen-bond donors (Lipinski definition) is 2. The van der Waals surface area contributed by atoms with Gasteiger partial charge in [-0.2, -0.15) is 19.5 Å². The summed E-state index contributed by atoms with van der Waals surface area (Å²) in [5.41, 5.74) is 8.50. The lowest BCUT2D eigenvalue weighted by Gasteiger charge is -2.16. The average Bonchev–Trinajstić information content (AvgIpc) is 3.70. The molecule has 1 aliphatic heterocycles. The Morgan fingerprint density at radius 2 is 1.97 bits per heavy atom. The number of rotatable bonds is 10. The first-order valence-corrected chi connectivity index (χ1v) is 12.7. The number of ether oxygens (including phenoxy) is 1. The van der Waals surface area contributed by atoms with Crippen LogP contribution in [0.5, 0.6) is 5.75 Å². The highest BCUT2D eigenvalue weighted by Crippen LogP contribution is 2.21. The van der Waals surface area contributed by atoms with E-state index >= 15 is 0 Å². The predicted molar refractivity (Wildman–Crippen MR) is 142 cm³/mol. The third-order valence-corrected chi connectivity index (χ3v) is 6.58. The first-order valence-electron chi connectivity index (χ1n) is 12.7. The lowest BCUT2D eigenvalue weighted by Crippen LogP contribution is -2.22. The van der Waals surface area contributed by atoms with Crippen molar-refractivity contribution in [2.45, 2.75) is 19.4 Å². The monoisotopic (exact) mass is 511 g/mol. The molecule has 1 aliphatic rings. The van der Waals surface area contributed by atoms with Crippen molar-refractivity contribution >= 4 is 17.7 Å². The van der Waals surface area contributed by atoms with Gasteiger partial charge in [0.2, 0.25) is 17.7 Å². The van der Waals surface area contributed by atoms with E-state index in [9.17, 15) is 0 Å². The predicted octanol–water partition coefficient (Wildman–Crippen LogP) is 3.31. The molecular formula is C27H29N9O2. The molecule has 1 unspecified atom stereocenters. The van der Waals surface area contributed by atoms with E-state index in [2.05, 4.69) is 53.5 Å². The molecule has 5 heterocycles. The Bertz CT molecular complexity index is 1470. The second kappa shape index (κ2) is 10.9. The zero-order valence-corrected chi connectivity index (χ0v) is 20.9. The number of hydrogen-bond acceptors (Lipinski definition) is 10. The van der Waals surface area contributed by atoms with E-state index in [-0.39, 0.29) is 5.95 Å². The number of furan rings is 1. The Balaban J connectivity index is 0.966. The zero-order chi connectivity index (χ0) is 25.7. The molecule has 11 heteroatoms. The number of pyridine rings is 1. The summed E-state index contributed by atoms with van der Waals surface area (Å²) in [6.45, 7) is 4.47. The Kier molecular flexibility index (Phi) is 6.81. The number of nitrogens with one attached hydrogen (secondary N) is 1. The highest BCUT2D eigenvalue weighted by molar-refractivity contribution is 5.52. The molecule has 4 aromatic heterocycles. The smallest absolute Gasteiger partial charge is 0.259 e. The van der Waals surface area contributed by atoms with Crippen LogP contribution in [0.15, 0.2) is 71.6 Å². The van der Waals surface area contributed by atoms with E-state index < -0.39 is 0 Å². The molecule has 0 bridgehead atoms. The molecule has 0 amide bonds. The van der Waals surface area contributed by atoms with Crippen LogP contribution in [0.25, 0.3) is 17.4 Å². The topological polar surface area (TPSA) is 133 Å². The first kappa shape index (κ1) is 23.9. The van der Waals surface area contributed by atoms with Gasteiger partial charge in [-0.25, -0.2) is 0 Å². The van der Waals surface area contributed by atoms with E-state index in [1.165, 1.54) is 15.6 Å². The van der Waals surface area contributed by atoms with Crippen LogP contribution in [-0.2, 0) is 13.0 Å². The standard InChI is InChI=1S/C27H29N9O2/c28-25-32-26(33-27-31-24(34-36(25)27)23-4-2-14-37-23)30-12-9-19-5-7-22(8-6-19)38-18-21-10-13-35(17-21)16-20-3-1-11-29-15-20/h1-8,11,14-15,21H,9-10,12-13,16-18H2,(H3,28,30,31,32,33,34). The van der Waals surface area contributed by atoms with Crippen molar-refractivity contribution in [2.75, 3.05) is 37.3 Å². The summed E-state index contributed by atoms with van der Waals surface area (Å²) >= 11 is 0. The van der Waals surface area contributed by atoms with E-state index in [4.69, 9.17) is 14.9 Å². The summed E-state index contributed by atoms with van der Waals surface area (Å²) in [7, 11) is 0. The van der Waals surface area contributed by atoms with Crippen LogP contribution >= 0.6 is 0 Å². The maximum atomic E-state index is 6.09. The van der Waals surface area contributed by atoms with Gasteiger partial charge in [0.1, 0.15) is 5.75 Å². The summed E-state index contributed by atoms with van der Waals surface area (Å²) in [5.74, 6) is 3.35. The number of nitrogen functional groups attached to an aromatic ring is 1. The number of benzene rings is 1. The highest BCUT2D eigenvalue weighted by atomic mass is 16.5. The minimum atomic E-state index is 0.201. The number of nitrogens with zero attached hydrogens (tertiary/aromatic N) is 7. The Morgan fingerprint density at radius 3 is 2.79 bits per heavy atom. The largest absolute Gasteiger partial charge is 0.493 e. The van der Waals surface area contributed by atoms with E-state index in [0.29, 0.717) is 35.8 Å². The van der Waals surface area contributed by atoms with Gasteiger partial charge in [0.25, 0.3) is 5.78 Å². The lowest BCUT2D eigenvalue weighted by molar-refractivity contribution is 0.238. The quantitative estimate of drug-likeness (QED) is 0.288. The summed E-state index contributed by atoms with van der Waals surface area (Å²) in [5, 5.41) is 7.53. The van der Waals surface area contributed by atoms with Gasteiger partial charge in [0.05, 0.1) is 12.9 Å². The lowest BCUT2D eigenvalue weighted by atomic mass is 10.1. The third kappa shape index (κ3) is 5.57. The van der Waals surface area contributed by atoms with Gasteiger partial charge in [-0.3, -0.25) is 9.88 Å². The van der Waals surface area contributed by atoms with Crippen LogP contribution in [0, 0.1) is 5.92 Å². The first-order chi connectivity index (χ1) is 18.7. The third-order valence-electron chi connectivity index (χ3n) is 6.58. The summed E-state index contributed by atoms with van der Waals surface area (Å²) in [6.07, 6.45) is 7.27. The normalized spacial score (nSPS) is 15.7. The number of aromatic nitrogens is 6. The molecule has 6 rings (SSSR count). The average molecular weight is 512 g/mol. The van der Waals surface area contributed by atoms with Gasteiger partial charge < -0.3 is 20.2 Å². The number of likely N-dealkylation sites (tertiary alicyclic amines) is 1. The molecule has 0 radical (unpaired) electrons. The second-order valence-electron chi connectivity index (χ2n) is 9.41. The van der Waals surface area contributed by atoms with Gasteiger partial charge in [-0.1, -0.05) is 18.2 Å². The van der Waals surface area contributed by atoms with Crippen LogP contribution < -0.4 is 15.8 Å². The van der Waals surface area contributed by atoms with Crippen molar-refractivity contribution in [3.05, 3.63) is 78.3 Å². The molecule has 0 spiro atoms. The van der Waals surface area contributed by atoms with Crippen molar-refractivity contribution in [2.24, 2.45) is 5.92 Å². The Hall–Kier alpha value is -4.51. The molecule has 0 aliphatic carbocycles. The summed E-state index contributed by atoms with van der Waals surface area (Å²) in [6, 6.07) is 15.9. The van der Waals surface area contributed by atoms with Gasteiger partial charge in [-0.05, 0) is 60.8 Å². The van der Waals surface area contributed by atoms with Crippen molar-refractivity contribution in [1.29, 1.82) is 0 Å². The molecule has 1 aromatic carbocycles. The van der Waals surface area contributed by atoms with Crippen molar-refractivity contribution in [3.63, 3.8) is 0 Å². The fourth-order valence-electron chi connectivity index (χ4n) is 4.62. The van der Waals surface area contributed by atoms with E-state index in [0.717, 1.165) is 44.8 Å². The molecular weight excluding hydrogens is 482 g/mol. The minimum absolute atomic E-state index is 0.201. The molecule has 11 nitrogen and oxygen atoms in total. The molecule has 38 heavy (non-hydrogen) atoms. The van der Waals surface area contributed by atoms with Gasteiger partial charge in [0, 0.05) is 37.9 Å². The number of nitrogens with two attached hydrogens (primary N) is 1. The summed E-state index contributed by atoms with van der Waals surface area (Å²) < 4.78 is 12.8. The van der Waals surface area contributed by atoms with Crippen LogP contribution in [0.4, 0.5) is 11.9 Å². The van der Waals surface area contributed by atoms with Crippen LogP contribution in [0.2, 0.25) is 0 Å². The molecule has 1 atom stereocenters.